The van der Waals surface area contributed by atoms with Crippen LogP contribution in [0.5, 0.6) is 0 Å². The molecule has 0 nitrogen and oxygen atoms in total. The van der Waals surface area contributed by atoms with Crippen molar-refractivity contribution in [2.24, 2.45) is 0 Å². The molecule has 0 aliphatic heterocycles. The number of rotatable bonds is 0. The fraction of sp³-hybridized carbons (Fsp3) is 0. The minimum absolute atomic E-state index is 0. The lowest BCUT2D eigenvalue weighted by molar-refractivity contribution is 1.11. The van der Waals surface area contributed by atoms with Crippen molar-refractivity contribution in [2.75, 3.05) is 0 Å². The summed E-state index contributed by atoms with van der Waals surface area (Å²) >= 11 is 0. The van der Waals surface area contributed by atoms with E-state index in [9.17, 15) is 0 Å². The van der Waals surface area contributed by atoms with Gasteiger partial charge in [-0.05, 0) is 0 Å². The summed E-state index contributed by atoms with van der Waals surface area (Å²) in [5.74, 6) is 0. The third-order valence-electron chi connectivity index (χ3n) is 0. The molecule has 4 heavy (non-hydrogen) atoms. The second kappa shape index (κ2) is 172. The SMILES string of the molecule is F.F.F.[Al]. The smallest absolute Gasteiger partial charge is 0 e. The molecule has 0 rings (SSSR count). The fourth-order valence-electron chi connectivity index (χ4n) is 0. The first-order valence-electron chi connectivity index (χ1n) is 0. The predicted molar refractivity (Wildman–Crippen MR) is 13.3 cm³/mol. The van der Waals surface area contributed by atoms with Crippen LogP contribution >= 0.6 is 0 Å². The fourth-order valence-corrected chi connectivity index (χ4v) is 0. The lowest BCUT2D eigenvalue weighted by Crippen LogP contribution is -0.381. The van der Waals surface area contributed by atoms with E-state index in [4.69, 9.17) is 0 Å². The Morgan fingerprint density at radius 3 is 0.500 bits per heavy atom. The van der Waals surface area contributed by atoms with Gasteiger partial charge in [0.25, 0.3) is 0 Å². The zero-order chi connectivity index (χ0) is 0. The largest absolute Gasteiger partial charge is 0.269 e. The van der Waals surface area contributed by atoms with Crippen LogP contribution in [0.15, 0.2) is 0 Å². The molecule has 0 amide bonds. The Balaban J connectivity index is 0. The molecule has 0 saturated carbocycles. The molecule has 0 aromatic carbocycles. The molecule has 0 bridgehead atoms. The summed E-state index contributed by atoms with van der Waals surface area (Å²) in [6, 6.07) is 0. The maximum atomic E-state index is 0. The van der Waals surface area contributed by atoms with Crippen LogP contribution in [0.2, 0.25) is 0 Å². The van der Waals surface area contributed by atoms with Crippen LogP contribution in [0.1, 0.15) is 0 Å². The predicted octanol–water partition coefficient (Wildman–Crippen LogP) is 0.0767. The van der Waals surface area contributed by atoms with E-state index in [2.05, 4.69) is 0 Å². The third kappa shape index (κ3) is 39.1. The molecular weight excluding hydrogens is 84.0 g/mol. The highest BCUT2D eigenvalue weighted by atomic mass is 27.0. The Kier molecular flexibility index (Phi) is 19800. The second-order valence-corrected chi connectivity index (χ2v) is 0. The molecule has 0 aromatic rings. The van der Waals surface area contributed by atoms with E-state index in [1.807, 2.05) is 0 Å². The van der Waals surface area contributed by atoms with E-state index in [-0.39, 0.29) is 31.5 Å². The van der Waals surface area contributed by atoms with Gasteiger partial charge in [-0.2, -0.15) is 0 Å². The molecule has 4 heteroatoms. The summed E-state index contributed by atoms with van der Waals surface area (Å²) in [6.45, 7) is 0. The van der Waals surface area contributed by atoms with Crippen molar-refractivity contribution in [3.05, 3.63) is 0 Å². The van der Waals surface area contributed by atoms with Crippen molar-refractivity contribution in [2.45, 2.75) is 0 Å². The van der Waals surface area contributed by atoms with Crippen LogP contribution in [0, 0.1) is 0 Å². The molecule has 0 fully saturated rings. The highest BCUT2D eigenvalue weighted by Gasteiger charge is 0.0000112. The maximum Gasteiger partial charge on any atom is 0 e. The molecule has 27 valence electrons. The highest BCUT2D eigenvalue weighted by Crippen LogP contribution is 0.422. The first-order valence-corrected chi connectivity index (χ1v) is 0. The van der Waals surface area contributed by atoms with E-state index < -0.39 is 0 Å². The van der Waals surface area contributed by atoms with Crippen LogP contribution in [0.25, 0.3) is 0 Å². The van der Waals surface area contributed by atoms with Gasteiger partial charge in [0.05, 0.1) is 0 Å². The Hall–Kier alpha value is 0.322. The number of hydrogen-bond acceptors (Lipinski definition) is 0. The zero-order valence-electron chi connectivity index (χ0n) is 1.80. The lowest BCUT2D eigenvalue weighted by atomic mass is 19.0. The number of halogens is 3. The van der Waals surface area contributed by atoms with E-state index in [0.717, 1.165) is 0 Å². The van der Waals surface area contributed by atoms with E-state index >= 15 is 0 Å². The minimum Gasteiger partial charge on any atom is -0.269 e. The van der Waals surface area contributed by atoms with Crippen molar-refractivity contribution in [1.29, 1.82) is 0 Å². The van der Waals surface area contributed by atoms with Crippen molar-refractivity contribution in [3.63, 3.8) is 0 Å². The molecular formula is H3AlF3. The average Bonchev–Trinajstić information content (AvgIpc) is 0. The molecule has 0 N–H and O–H groups in total. The van der Waals surface area contributed by atoms with Crippen LogP contribution in [-0.4, -0.2) is 17.4 Å². The van der Waals surface area contributed by atoms with Crippen molar-refractivity contribution in [3.8, 4) is 0 Å². The van der Waals surface area contributed by atoms with Gasteiger partial charge in [0.2, 0.25) is 0 Å². The first kappa shape index (κ1) is 459. The quantitative estimate of drug-likeness (QED) is 0.367. The third-order valence-corrected chi connectivity index (χ3v) is 0. The first-order chi connectivity index (χ1) is 0. The van der Waals surface area contributed by atoms with Crippen LogP contribution in [0.4, 0.5) is 14.1 Å². The average molecular weight is 87.0 g/mol. The summed E-state index contributed by atoms with van der Waals surface area (Å²) in [6.07, 6.45) is 0. The monoisotopic (exact) mass is 87.0 g/mol. The zero-order valence-corrected chi connectivity index (χ0v) is 2.96. The summed E-state index contributed by atoms with van der Waals surface area (Å²) in [4.78, 5) is 0. The molecule has 0 spiro atoms. The Bertz CT molecular complexity index is 3.25. The van der Waals surface area contributed by atoms with Gasteiger partial charge in [-0.3, -0.25) is 14.1 Å². The summed E-state index contributed by atoms with van der Waals surface area (Å²) in [7, 11) is 0. The minimum atomic E-state index is 0. The van der Waals surface area contributed by atoms with Crippen LogP contribution < -0.4 is 0 Å². The van der Waals surface area contributed by atoms with Gasteiger partial charge >= 0.3 is 0 Å². The van der Waals surface area contributed by atoms with E-state index in [1.165, 1.54) is 0 Å². The van der Waals surface area contributed by atoms with Crippen molar-refractivity contribution >= 4 is 17.4 Å². The molecule has 0 aliphatic carbocycles. The normalized spacial score (nSPS) is 0. The van der Waals surface area contributed by atoms with Crippen molar-refractivity contribution < 1.29 is 14.1 Å². The summed E-state index contributed by atoms with van der Waals surface area (Å²) < 4.78 is 0. The van der Waals surface area contributed by atoms with Gasteiger partial charge in [-0.1, -0.05) is 0 Å². The van der Waals surface area contributed by atoms with Gasteiger partial charge in [0, 0.05) is 17.4 Å². The molecule has 0 unspecified atom stereocenters. The van der Waals surface area contributed by atoms with Gasteiger partial charge in [-0.15, -0.1) is 0 Å². The number of hydrogen-bond donors (Lipinski definition) is 0. The maximum absolute atomic E-state index is 0. The Morgan fingerprint density at radius 2 is 0.500 bits per heavy atom. The molecule has 3 radical (unpaired) electrons. The lowest BCUT2D eigenvalue weighted by Gasteiger charge is -0.270. The van der Waals surface area contributed by atoms with Gasteiger partial charge in [0.1, 0.15) is 0 Å². The second-order valence-electron chi connectivity index (χ2n) is 0. The van der Waals surface area contributed by atoms with E-state index in [0.29, 0.717) is 0 Å². The van der Waals surface area contributed by atoms with Gasteiger partial charge < -0.3 is 0 Å². The summed E-state index contributed by atoms with van der Waals surface area (Å²) in [5.41, 5.74) is 0. The van der Waals surface area contributed by atoms with Gasteiger partial charge in [0.15, 0.2) is 0 Å². The summed E-state index contributed by atoms with van der Waals surface area (Å²) in [5, 5.41) is 0. The van der Waals surface area contributed by atoms with E-state index in [1.54, 1.807) is 0 Å². The molecule has 0 aromatic heterocycles. The molecule has 0 heterocycles. The molecule has 0 saturated heterocycles. The molecule has 0 atom stereocenters. The van der Waals surface area contributed by atoms with Gasteiger partial charge in [-0.25, -0.2) is 0 Å². The van der Waals surface area contributed by atoms with Crippen LogP contribution in [-0.2, 0) is 0 Å². The Labute approximate surface area is 32.4 Å². The standard InChI is InChI=1S/Al.3FH/h;3*1H. The topological polar surface area (TPSA) is 0 Å². The van der Waals surface area contributed by atoms with Crippen molar-refractivity contribution in [1.82, 2.24) is 0 Å². The molecule has 0 aliphatic rings. The highest BCUT2D eigenvalue weighted by molar-refractivity contribution is 5.75. The Morgan fingerprint density at radius 1 is 0.500 bits per heavy atom. The van der Waals surface area contributed by atoms with Crippen LogP contribution in [0.3, 0.4) is 0 Å².